The fourth-order valence-corrected chi connectivity index (χ4v) is 2.62. The maximum Gasteiger partial charge on any atom is 0.361 e. The first-order valence-corrected chi connectivity index (χ1v) is 8.31. The van der Waals surface area contributed by atoms with Crippen LogP contribution in [0.4, 0.5) is 11.6 Å². The van der Waals surface area contributed by atoms with Crippen molar-refractivity contribution in [2.75, 3.05) is 50.7 Å². The molecule has 1 aliphatic heterocycles. The van der Waals surface area contributed by atoms with Crippen LogP contribution >= 0.6 is 0 Å². The van der Waals surface area contributed by atoms with Gasteiger partial charge in [0.25, 0.3) is 0 Å². The zero-order valence-corrected chi connectivity index (χ0v) is 14.8. The van der Waals surface area contributed by atoms with Crippen LogP contribution in [-0.2, 0) is 9.47 Å². The van der Waals surface area contributed by atoms with Crippen molar-refractivity contribution in [2.24, 2.45) is 0 Å². The SMILES string of the molecule is CCOC(=O)c1nc(-c2ccc(N)nc2)nc(N2CCOCC2)c1OC. The van der Waals surface area contributed by atoms with Crippen LogP contribution in [0.15, 0.2) is 18.3 Å². The van der Waals surface area contributed by atoms with Crippen molar-refractivity contribution in [1.82, 2.24) is 15.0 Å². The van der Waals surface area contributed by atoms with E-state index in [0.29, 0.717) is 49.3 Å². The minimum atomic E-state index is -0.564. The average molecular weight is 359 g/mol. The second-order valence-corrected chi connectivity index (χ2v) is 5.54. The number of esters is 1. The average Bonchev–Trinajstić information content (AvgIpc) is 2.68. The lowest BCUT2D eigenvalue weighted by atomic mass is 10.2. The number of pyridine rings is 1. The molecule has 3 heterocycles. The molecular formula is C17H21N5O4. The van der Waals surface area contributed by atoms with Crippen LogP contribution in [0, 0.1) is 0 Å². The highest BCUT2D eigenvalue weighted by atomic mass is 16.5. The van der Waals surface area contributed by atoms with Gasteiger partial charge >= 0.3 is 5.97 Å². The molecule has 0 amide bonds. The molecule has 2 aromatic rings. The molecule has 138 valence electrons. The number of carbonyl (C=O) groups is 1. The summed E-state index contributed by atoms with van der Waals surface area (Å²) in [6, 6.07) is 3.41. The van der Waals surface area contributed by atoms with E-state index in [4.69, 9.17) is 19.9 Å². The monoisotopic (exact) mass is 359 g/mol. The number of anilines is 2. The van der Waals surface area contributed by atoms with E-state index in [9.17, 15) is 4.79 Å². The van der Waals surface area contributed by atoms with Gasteiger partial charge in [0.2, 0.25) is 0 Å². The third-order valence-electron chi connectivity index (χ3n) is 3.88. The number of morpholine rings is 1. The second kappa shape index (κ2) is 7.96. The first-order chi connectivity index (χ1) is 12.6. The van der Waals surface area contributed by atoms with Gasteiger partial charge in [0.05, 0.1) is 26.9 Å². The molecule has 3 rings (SSSR count). The summed E-state index contributed by atoms with van der Waals surface area (Å²) in [4.78, 5) is 27.5. The topological polar surface area (TPSA) is 113 Å². The quantitative estimate of drug-likeness (QED) is 0.785. The molecule has 1 aliphatic rings. The molecule has 0 radical (unpaired) electrons. The highest BCUT2D eigenvalue weighted by Crippen LogP contribution is 2.32. The summed E-state index contributed by atoms with van der Waals surface area (Å²) in [6.45, 7) is 4.38. The van der Waals surface area contributed by atoms with Crippen molar-refractivity contribution in [3.63, 3.8) is 0 Å². The largest absolute Gasteiger partial charge is 0.491 e. The maximum atomic E-state index is 12.4. The third-order valence-corrected chi connectivity index (χ3v) is 3.88. The van der Waals surface area contributed by atoms with Crippen LogP contribution in [0.5, 0.6) is 5.75 Å². The van der Waals surface area contributed by atoms with Crippen molar-refractivity contribution < 1.29 is 19.0 Å². The molecule has 2 N–H and O–H groups in total. The Morgan fingerprint density at radius 3 is 2.69 bits per heavy atom. The summed E-state index contributed by atoms with van der Waals surface area (Å²) in [6.07, 6.45) is 1.56. The van der Waals surface area contributed by atoms with Gasteiger partial charge in [-0.2, -0.15) is 0 Å². The van der Waals surface area contributed by atoms with E-state index in [1.807, 2.05) is 4.90 Å². The van der Waals surface area contributed by atoms with Gasteiger partial charge in [-0.15, -0.1) is 0 Å². The Balaban J connectivity index is 2.13. The van der Waals surface area contributed by atoms with Crippen LogP contribution in [0.1, 0.15) is 17.4 Å². The summed E-state index contributed by atoms with van der Waals surface area (Å²) in [5, 5.41) is 0. The van der Waals surface area contributed by atoms with Crippen LogP contribution in [-0.4, -0.2) is 60.9 Å². The number of hydrogen-bond donors (Lipinski definition) is 1. The van der Waals surface area contributed by atoms with E-state index in [0.717, 1.165) is 0 Å². The first-order valence-electron chi connectivity index (χ1n) is 8.31. The number of nitrogens with two attached hydrogens (primary N) is 1. The number of carbonyl (C=O) groups excluding carboxylic acids is 1. The molecule has 9 nitrogen and oxygen atoms in total. The standard InChI is InChI=1S/C17H21N5O4/c1-3-26-17(23)13-14(24-2)16(22-6-8-25-9-7-22)21-15(20-13)11-4-5-12(18)19-10-11/h4-5,10H,3,6-9H2,1-2H3,(H2,18,19). The fourth-order valence-electron chi connectivity index (χ4n) is 2.62. The number of rotatable bonds is 5. The molecule has 0 unspecified atom stereocenters. The lowest BCUT2D eigenvalue weighted by Crippen LogP contribution is -2.37. The third kappa shape index (κ3) is 3.67. The minimum Gasteiger partial charge on any atom is -0.491 e. The molecule has 9 heteroatoms. The van der Waals surface area contributed by atoms with Gasteiger partial charge in [-0.05, 0) is 19.1 Å². The summed E-state index contributed by atoms with van der Waals surface area (Å²) in [7, 11) is 1.48. The van der Waals surface area contributed by atoms with Crippen molar-refractivity contribution in [3.05, 3.63) is 24.0 Å². The predicted octanol–water partition coefficient (Wildman–Crippen LogP) is 1.14. The van der Waals surface area contributed by atoms with Gasteiger partial charge in [0.15, 0.2) is 23.1 Å². The molecular weight excluding hydrogens is 338 g/mol. The smallest absolute Gasteiger partial charge is 0.361 e. The molecule has 0 aromatic carbocycles. The summed E-state index contributed by atoms with van der Waals surface area (Å²) in [5.41, 5.74) is 6.37. The van der Waals surface area contributed by atoms with Crippen LogP contribution in [0.25, 0.3) is 11.4 Å². The Labute approximate surface area is 151 Å². The Kier molecular flexibility index (Phi) is 5.47. The molecule has 0 spiro atoms. The molecule has 0 atom stereocenters. The zero-order valence-electron chi connectivity index (χ0n) is 14.8. The van der Waals surface area contributed by atoms with Crippen molar-refractivity contribution in [1.29, 1.82) is 0 Å². The highest BCUT2D eigenvalue weighted by Gasteiger charge is 2.27. The number of ether oxygens (including phenoxy) is 3. The van der Waals surface area contributed by atoms with Crippen molar-refractivity contribution >= 4 is 17.6 Å². The normalized spacial score (nSPS) is 14.2. The van der Waals surface area contributed by atoms with Gasteiger partial charge in [-0.25, -0.2) is 19.7 Å². The van der Waals surface area contributed by atoms with Gasteiger partial charge in [0, 0.05) is 24.8 Å². The Morgan fingerprint density at radius 2 is 2.08 bits per heavy atom. The lowest BCUT2D eigenvalue weighted by molar-refractivity contribution is 0.0515. The number of hydrogen-bond acceptors (Lipinski definition) is 9. The Morgan fingerprint density at radius 1 is 1.31 bits per heavy atom. The van der Waals surface area contributed by atoms with Crippen LogP contribution < -0.4 is 15.4 Å². The van der Waals surface area contributed by atoms with Gasteiger partial charge in [0.1, 0.15) is 5.82 Å². The first kappa shape index (κ1) is 17.9. The number of aromatic nitrogens is 3. The number of nitrogen functional groups attached to an aromatic ring is 1. The number of methoxy groups -OCH3 is 1. The molecule has 1 saturated heterocycles. The summed E-state index contributed by atoms with van der Waals surface area (Å²) < 4.78 is 16.0. The zero-order chi connectivity index (χ0) is 18.5. The van der Waals surface area contributed by atoms with E-state index in [1.54, 1.807) is 25.3 Å². The van der Waals surface area contributed by atoms with Crippen LogP contribution in [0.2, 0.25) is 0 Å². The van der Waals surface area contributed by atoms with E-state index in [2.05, 4.69) is 15.0 Å². The predicted molar refractivity (Wildman–Crippen MR) is 95.2 cm³/mol. The van der Waals surface area contributed by atoms with Crippen molar-refractivity contribution in [2.45, 2.75) is 6.92 Å². The van der Waals surface area contributed by atoms with Gasteiger partial charge in [-0.1, -0.05) is 0 Å². The van der Waals surface area contributed by atoms with Gasteiger partial charge in [-0.3, -0.25) is 0 Å². The maximum absolute atomic E-state index is 12.4. The molecule has 1 fully saturated rings. The summed E-state index contributed by atoms with van der Waals surface area (Å²) >= 11 is 0. The van der Waals surface area contributed by atoms with E-state index >= 15 is 0 Å². The van der Waals surface area contributed by atoms with E-state index in [1.165, 1.54) is 7.11 Å². The molecule has 0 bridgehead atoms. The van der Waals surface area contributed by atoms with Crippen LogP contribution in [0.3, 0.4) is 0 Å². The lowest BCUT2D eigenvalue weighted by Gasteiger charge is -2.29. The van der Waals surface area contributed by atoms with Crippen molar-refractivity contribution in [3.8, 4) is 17.1 Å². The minimum absolute atomic E-state index is 0.0812. The molecule has 2 aromatic heterocycles. The Hall–Kier alpha value is -2.94. The molecule has 0 aliphatic carbocycles. The Bertz CT molecular complexity index is 775. The van der Waals surface area contributed by atoms with Gasteiger partial charge < -0.3 is 24.8 Å². The fraction of sp³-hybridized carbons (Fsp3) is 0.412. The van der Waals surface area contributed by atoms with E-state index < -0.39 is 5.97 Å². The highest BCUT2D eigenvalue weighted by molar-refractivity contribution is 5.93. The molecule has 0 saturated carbocycles. The summed E-state index contributed by atoms with van der Waals surface area (Å²) in [5.74, 6) is 0.994. The second-order valence-electron chi connectivity index (χ2n) is 5.54. The van der Waals surface area contributed by atoms with E-state index in [-0.39, 0.29) is 18.1 Å². The number of nitrogens with zero attached hydrogens (tertiary/aromatic N) is 4. The molecule has 26 heavy (non-hydrogen) atoms.